The van der Waals surface area contributed by atoms with Crippen LogP contribution >= 0.6 is 23.2 Å². The molecule has 0 spiro atoms. The summed E-state index contributed by atoms with van der Waals surface area (Å²) in [5, 5.41) is 5.84. The number of aromatic nitrogens is 2. The molecule has 172 valence electrons. The van der Waals surface area contributed by atoms with Gasteiger partial charge in [0.15, 0.2) is 5.69 Å². The number of rotatable bonds is 4. The minimum atomic E-state index is -0.234. The predicted octanol–water partition coefficient (Wildman–Crippen LogP) is 7.01. The lowest BCUT2D eigenvalue weighted by Crippen LogP contribution is -2.38. The van der Waals surface area contributed by atoms with Crippen LogP contribution in [0.4, 0.5) is 4.39 Å². The first kappa shape index (κ1) is 22.6. The molecule has 0 bridgehead atoms. The monoisotopic (exact) mass is 493 g/mol. The first-order chi connectivity index (χ1) is 16.5. The van der Waals surface area contributed by atoms with Gasteiger partial charge in [-0.05, 0) is 66.8 Å². The van der Waals surface area contributed by atoms with E-state index in [9.17, 15) is 9.18 Å². The van der Waals surface area contributed by atoms with Gasteiger partial charge in [-0.1, -0.05) is 59.6 Å². The lowest BCUT2D eigenvalue weighted by atomic mass is 9.89. The van der Waals surface area contributed by atoms with Gasteiger partial charge in [-0.15, -0.1) is 0 Å². The lowest BCUT2D eigenvalue weighted by molar-refractivity contribution is 0.0706. The molecule has 4 nitrogen and oxygen atoms in total. The van der Waals surface area contributed by atoms with Crippen LogP contribution in [0, 0.1) is 5.82 Å². The average molecular weight is 494 g/mol. The van der Waals surface area contributed by atoms with Gasteiger partial charge < -0.3 is 4.90 Å². The Balaban J connectivity index is 1.42. The van der Waals surface area contributed by atoms with Crippen LogP contribution in [0.2, 0.25) is 10.0 Å². The van der Waals surface area contributed by atoms with Crippen LogP contribution in [0.3, 0.4) is 0 Å². The Morgan fingerprint density at radius 3 is 2.26 bits per heavy atom. The fourth-order valence-corrected chi connectivity index (χ4v) is 4.77. The van der Waals surface area contributed by atoms with Gasteiger partial charge in [0, 0.05) is 23.7 Å². The second-order valence-electron chi connectivity index (χ2n) is 8.40. The van der Waals surface area contributed by atoms with Crippen molar-refractivity contribution in [1.82, 2.24) is 14.7 Å². The van der Waals surface area contributed by atoms with Crippen molar-refractivity contribution < 1.29 is 9.18 Å². The van der Waals surface area contributed by atoms with Gasteiger partial charge in [-0.3, -0.25) is 4.79 Å². The molecule has 4 aromatic rings. The van der Waals surface area contributed by atoms with Gasteiger partial charge in [0.2, 0.25) is 0 Å². The summed E-state index contributed by atoms with van der Waals surface area (Å²) in [5.41, 5.74) is 3.81. The van der Waals surface area contributed by atoms with E-state index in [4.69, 9.17) is 23.2 Å². The number of halogens is 3. The molecular weight excluding hydrogens is 472 g/mol. The van der Waals surface area contributed by atoms with Crippen molar-refractivity contribution in [2.75, 3.05) is 13.1 Å². The van der Waals surface area contributed by atoms with Crippen molar-refractivity contribution in [2.45, 2.75) is 18.8 Å². The number of amides is 1. The van der Waals surface area contributed by atoms with Crippen molar-refractivity contribution in [2.24, 2.45) is 0 Å². The molecule has 0 unspecified atom stereocenters. The smallest absolute Gasteiger partial charge is 0.274 e. The summed E-state index contributed by atoms with van der Waals surface area (Å²) in [6.45, 7) is 1.24. The second-order valence-corrected chi connectivity index (χ2v) is 9.25. The van der Waals surface area contributed by atoms with Crippen LogP contribution in [-0.2, 0) is 0 Å². The molecule has 1 aliphatic heterocycles. The number of carbonyl (C=O) groups excluding carboxylic acids is 1. The fraction of sp³-hybridized carbons (Fsp3) is 0.185. The first-order valence-corrected chi connectivity index (χ1v) is 11.9. The van der Waals surface area contributed by atoms with Crippen LogP contribution in [0.5, 0.6) is 0 Å². The molecule has 34 heavy (non-hydrogen) atoms. The van der Waals surface area contributed by atoms with Gasteiger partial charge in [-0.2, -0.15) is 5.10 Å². The predicted molar refractivity (Wildman–Crippen MR) is 133 cm³/mol. The molecule has 5 rings (SSSR count). The number of carbonyl (C=O) groups is 1. The average Bonchev–Trinajstić information content (AvgIpc) is 3.30. The molecule has 1 aromatic heterocycles. The van der Waals surface area contributed by atoms with Crippen molar-refractivity contribution in [3.05, 3.63) is 106 Å². The third-order valence-corrected chi connectivity index (χ3v) is 6.84. The Morgan fingerprint density at radius 1 is 0.912 bits per heavy atom. The highest BCUT2D eigenvalue weighted by atomic mass is 35.5. The van der Waals surface area contributed by atoms with Crippen LogP contribution in [0.1, 0.15) is 34.8 Å². The molecule has 0 N–H and O–H groups in total. The maximum absolute atomic E-state index is 13.4. The maximum atomic E-state index is 13.4. The third kappa shape index (κ3) is 4.59. The molecule has 2 heterocycles. The highest BCUT2D eigenvalue weighted by molar-refractivity contribution is 6.32. The van der Waals surface area contributed by atoms with E-state index < -0.39 is 0 Å². The summed E-state index contributed by atoms with van der Waals surface area (Å²) in [7, 11) is 0. The third-order valence-electron chi connectivity index (χ3n) is 6.27. The number of piperidine rings is 1. The number of nitrogens with zero attached hydrogens (tertiary/aromatic N) is 3. The van der Waals surface area contributed by atoms with E-state index in [1.165, 1.54) is 12.1 Å². The minimum Gasteiger partial charge on any atom is -0.337 e. The van der Waals surface area contributed by atoms with Gasteiger partial charge >= 0.3 is 0 Å². The molecule has 1 saturated heterocycles. The van der Waals surface area contributed by atoms with Gasteiger partial charge in [0.1, 0.15) is 5.82 Å². The highest BCUT2D eigenvalue weighted by Gasteiger charge is 2.27. The molecule has 3 aromatic carbocycles. The summed E-state index contributed by atoms with van der Waals surface area (Å²) in [5.74, 6) is -0.0319. The van der Waals surface area contributed by atoms with Gasteiger partial charge in [0.05, 0.1) is 16.4 Å². The number of benzene rings is 3. The Morgan fingerprint density at radius 2 is 1.59 bits per heavy atom. The zero-order valence-electron chi connectivity index (χ0n) is 18.3. The first-order valence-electron chi connectivity index (χ1n) is 11.2. The number of hydrogen-bond acceptors (Lipinski definition) is 2. The zero-order chi connectivity index (χ0) is 23.7. The quantitative estimate of drug-likeness (QED) is 0.306. The number of para-hydroxylation sites is 1. The molecular formula is C27H22Cl2FN3O. The molecule has 0 aliphatic carbocycles. The van der Waals surface area contributed by atoms with Crippen LogP contribution in [0.15, 0.2) is 78.9 Å². The van der Waals surface area contributed by atoms with Gasteiger partial charge in [0.25, 0.3) is 5.91 Å². The van der Waals surface area contributed by atoms with Crippen LogP contribution < -0.4 is 0 Å². The SMILES string of the molecule is O=C(c1cc(-c2ccc(Cl)cc2)n(-c2ccccc2Cl)n1)N1CCC(c2ccc(F)cc2)CC1. The van der Waals surface area contributed by atoms with E-state index in [0.29, 0.717) is 40.4 Å². The summed E-state index contributed by atoms with van der Waals surface area (Å²) in [4.78, 5) is 15.2. The fourth-order valence-electron chi connectivity index (χ4n) is 4.43. The van der Waals surface area contributed by atoms with Crippen LogP contribution in [-0.4, -0.2) is 33.7 Å². The Labute approximate surface area is 207 Å². The Bertz CT molecular complexity index is 1310. The molecule has 1 aliphatic rings. The number of likely N-dealkylation sites (tertiary alicyclic amines) is 1. The Kier molecular flexibility index (Phi) is 6.40. The van der Waals surface area contributed by atoms with E-state index in [1.54, 1.807) is 16.8 Å². The second kappa shape index (κ2) is 9.61. The highest BCUT2D eigenvalue weighted by Crippen LogP contribution is 2.31. The van der Waals surface area contributed by atoms with Crippen LogP contribution in [0.25, 0.3) is 16.9 Å². The summed E-state index contributed by atoms with van der Waals surface area (Å²) < 4.78 is 15.0. The zero-order valence-corrected chi connectivity index (χ0v) is 19.8. The Hall–Kier alpha value is -3.15. The topological polar surface area (TPSA) is 38.1 Å². The minimum absolute atomic E-state index is 0.112. The van der Waals surface area contributed by atoms with Crippen molar-refractivity contribution in [3.8, 4) is 16.9 Å². The molecule has 1 amide bonds. The maximum Gasteiger partial charge on any atom is 0.274 e. The molecule has 0 atom stereocenters. The van der Waals surface area contributed by atoms with E-state index in [-0.39, 0.29) is 11.7 Å². The molecule has 0 radical (unpaired) electrons. The van der Waals surface area contributed by atoms with Crippen molar-refractivity contribution >= 4 is 29.1 Å². The van der Waals surface area contributed by atoms with Gasteiger partial charge in [-0.25, -0.2) is 9.07 Å². The summed E-state index contributed by atoms with van der Waals surface area (Å²) in [6.07, 6.45) is 1.65. The van der Waals surface area contributed by atoms with E-state index in [1.807, 2.05) is 59.5 Å². The number of hydrogen-bond donors (Lipinski definition) is 0. The van der Waals surface area contributed by atoms with E-state index in [0.717, 1.165) is 29.7 Å². The normalized spacial score (nSPS) is 14.4. The molecule has 7 heteroatoms. The summed E-state index contributed by atoms with van der Waals surface area (Å²) >= 11 is 12.5. The van der Waals surface area contributed by atoms with Crippen molar-refractivity contribution in [1.29, 1.82) is 0 Å². The van der Waals surface area contributed by atoms with E-state index in [2.05, 4.69) is 5.10 Å². The van der Waals surface area contributed by atoms with Crippen molar-refractivity contribution in [3.63, 3.8) is 0 Å². The standard InChI is InChI=1S/C27H22Cl2FN3O/c28-21-9-5-20(6-10-21)26-17-24(31-33(26)25-4-2-1-3-23(25)29)27(34)32-15-13-19(14-16-32)18-7-11-22(30)12-8-18/h1-12,17,19H,13-16H2. The summed E-state index contributed by atoms with van der Waals surface area (Å²) in [6, 6.07) is 23.3. The lowest BCUT2D eigenvalue weighted by Gasteiger charge is -2.31. The molecule has 1 fully saturated rings. The molecule has 0 saturated carbocycles. The van der Waals surface area contributed by atoms with E-state index >= 15 is 0 Å². The largest absolute Gasteiger partial charge is 0.337 e.